The van der Waals surface area contributed by atoms with Gasteiger partial charge in [-0.25, -0.2) is 0 Å². The fraction of sp³-hybridized carbons (Fsp3) is 0.929. The van der Waals surface area contributed by atoms with E-state index in [-0.39, 0.29) is 18.0 Å². The van der Waals surface area contributed by atoms with Gasteiger partial charge in [-0.15, -0.1) is 0 Å². The van der Waals surface area contributed by atoms with Crippen LogP contribution in [0.3, 0.4) is 0 Å². The zero-order valence-electron chi connectivity index (χ0n) is 25.5. The number of carbonyl (C=O) groups is 2. The van der Waals surface area contributed by atoms with Crippen molar-refractivity contribution in [1.82, 2.24) is 0 Å². The Bertz CT molecular complexity index is 899. The van der Waals surface area contributed by atoms with E-state index in [1.165, 1.54) is 13.8 Å². The molecule has 2 fully saturated rings. The van der Waals surface area contributed by atoms with Crippen molar-refractivity contribution in [3.63, 3.8) is 0 Å². The predicted molar refractivity (Wildman–Crippen MR) is 139 cm³/mol. The Morgan fingerprint density at radius 3 is 1.85 bits per heavy atom. The minimum atomic E-state index is -5.79. The molecule has 2 rings (SSSR count). The lowest BCUT2D eigenvalue weighted by Crippen LogP contribution is -2.76. The molecule has 242 valence electrons. The predicted octanol–water partition coefficient (Wildman–Crippen LogP) is 5.91. The van der Waals surface area contributed by atoms with Gasteiger partial charge < -0.3 is 24.4 Å². The first kappa shape index (κ1) is 37.5. The Labute approximate surface area is 239 Å². The second-order valence-electron chi connectivity index (χ2n) is 12.9. The van der Waals surface area contributed by atoms with Crippen molar-refractivity contribution in [3.8, 4) is 0 Å². The molecule has 13 heteroatoms. The van der Waals surface area contributed by atoms with Gasteiger partial charge in [0.15, 0.2) is 6.79 Å². The first-order valence-corrected chi connectivity index (χ1v) is 13.9. The summed E-state index contributed by atoms with van der Waals surface area (Å²) in [5.41, 5.74) is -9.85. The monoisotopic (exact) mass is 606 g/mol. The highest BCUT2D eigenvalue weighted by atomic mass is 19.4. The summed E-state index contributed by atoms with van der Waals surface area (Å²) < 4.78 is 85.3. The van der Waals surface area contributed by atoms with Gasteiger partial charge in [-0.05, 0) is 80.6 Å². The lowest BCUT2D eigenvalue weighted by Gasteiger charge is -2.50. The van der Waals surface area contributed by atoms with E-state index in [0.717, 1.165) is 32.1 Å². The lowest BCUT2D eigenvalue weighted by molar-refractivity contribution is -0.493. The topological polar surface area (TPSA) is 112 Å². The molecule has 41 heavy (non-hydrogen) atoms. The Kier molecular flexibility index (Phi) is 11.8. The van der Waals surface area contributed by atoms with E-state index in [2.05, 4.69) is 9.47 Å². The normalized spacial score (nSPS) is 29.2. The number of aliphatic hydroxyl groups is 2. The molecule has 4 atom stereocenters. The van der Waals surface area contributed by atoms with Crippen LogP contribution in [0.5, 0.6) is 0 Å². The molecule has 8 nitrogen and oxygen atoms in total. The molecule has 0 spiro atoms. The maximum atomic E-state index is 13.7. The van der Waals surface area contributed by atoms with E-state index in [9.17, 15) is 41.8 Å². The van der Waals surface area contributed by atoms with Crippen molar-refractivity contribution < 1.29 is 60.7 Å². The molecule has 1 saturated heterocycles. The Hall–Kier alpha value is -1.57. The second-order valence-corrected chi connectivity index (χ2v) is 12.9. The lowest BCUT2D eigenvalue weighted by atomic mass is 9.76. The van der Waals surface area contributed by atoms with Crippen molar-refractivity contribution in [2.24, 2.45) is 16.7 Å². The van der Waals surface area contributed by atoms with Gasteiger partial charge in [0.2, 0.25) is 0 Å². The van der Waals surface area contributed by atoms with E-state index in [4.69, 9.17) is 9.47 Å². The van der Waals surface area contributed by atoms with Crippen molar-refractivity contribution >= 4 is 11.9 Å². The average molecular weight is 607 g/mol. The number of esters is 2. The van der Waals surface area contributed by atoms with Crippen LogP contribution in [0.1, 0.15) is 101 Å². The van der Waals surface area contributed by atoms with E-state index >= 15 is 0 Å². The maximum absolute atomic E-state index is 13.7. The Morgan fingerprint density at radius 2 is 1.39 bits per heavy atom. The fourth-order valence-electron chi connectivity index (χ4n) is 4.39. The maximum Gasteiger partial charge on any atom is 0.429 e. The third-order valence-electron chi connectivity index (χ3n) is 8.43. The summed E-state index contributed by atoms with van der Waals surface area (Å²) in [7, 11) is 0. The largest absolute Gasteiger partial charge is 0.462 e. The highest BCUT2D eigenvalue weighted by Crippen LogP contribution is 2.53. The molecule has 1 heterocycles. The molecule has 0 aromatic rings. The third kappa shape index (κ3) is 8.29. The molecule has 0 aromatic heterocycles. The summed E-state index contributed by atoms with van der Waals surface area (Å²) in [4.78, 5) is 24.0. The van der Waals surface area contributed by atoms with Crippen molar-refractivity contribution in [1.29, 1.82) is 0 Å². The summed E-state index contributed by atoms with van der Waals surface area (Å²) in [6.45, 7) is 12.2. The van der Waals surface area contributed by atoms with Gasteiger partial charge in [-0.1, -0.05) is 20.3 Å². The molecule has 0 radical (unpaired) electrons. The fourth-order valence-corrected chi connectivity index (χ4v) is 4.39. The zero-order valence-corrected chi connectivity index (χ0v) is 25.5. The number of alkyl halides is 5. The second kappa shape index (κ2) is 13.0. The Balaban J connectivity index is 0.000000422. The minimum absolute atomic E-state index is 0.0582. The first-order valence-electron chi connectivity index (χ1n) is 13.9. The van der Waals surface area contributed by atoms with E-state index in [1.807, 2.05) is 34.6 Å². The van der Waals surface area contributed by atoms with Crippen LogP contribution in [0.15, 0.2) is 0 Å². The SMILES string of the molecule is CCC(C)(C)C(=O)OC1CCCCC1C(C)(C)O.CCC(C)(C)C(=O)OCC1(C)OCOC(F)(F)C1(O)C(F)(F)F. The summed E-state index contributed by atoms with van der Waals surface area (Å²) in [5.74, 6) is -0.974. The molecule has 2 N–H and O–H groups in total. The first-order chi connectivity index (χ1) is 18.3. The van der Waals surface area contributed by atoms with Crippen LogP contribution in [0.4, 0.5) is 22.0 Å². The number of ether oxygens (including phenoxy) is 4. The van der Waals surface area contributed by atoms with Crippen molar-refractivity contribution in [3.05, 3.63) is 0 Å². The molecule has 0 amide bonds. The molecule has 1 saturated carbocycles. The van der Waals surface area contributed by atoms with Crippen LogP contribution < -0.4 is 0 Å². The van der Waals surface area contributed by atoms with Crippen LogP contribution in [-0.2, 0) is 28.5 Å². The highest BCUT2D eigenvalue weighted by molar-refractivity contribution is 5.76. The van der Waals surface area contributed by atoms with Crippen LogP contribution in [0, 0.1) is 16.7 Å². The third-order valence-corrected chi connectivity index (χ3v) is 8.43. The summed E-state index contributed by atoms with van der Waals surface area (Å²) in [5, 5.41) is 19.9. The zero-order chi connectivity index (χ0) is 32.3. The van der Waals surface area contributed by atoms with E-state index in [1.54, 1.807) is 6.92 Å². The Morgan fingerprint density at radius 1 is 0.902 bits per heavy atom. The number of hydrogen-bond acceptors (Lipinski definition) is 8. The van der Waals surface area contributed by atoms with Crippen LogP contribution in [-0.4, -0.2) is 70.7 Å². The minimum Gasteiger partial charge on any atom is -0.462 e. The van der Waals surface area contributed by atoms with Crippen LogP contribution >= 0.6 is 0 Å². The molecular formula is C28H47F5O8. The molecule has 0 bridgehead atoms. The number of hydrogen-bond donors (Lipinski definition) is 2. The molecule has 1 aliphatic carbocycles. The molecule has 0 aromatic carbocycles. The van der Waals surface area contributed by atoms with Gasteiger partial charge in [-0.3, -0.25) is 14.3 Å². The molecule has 4 unspecified atom stereocenters. The van der Waals surface area contributed by atoms with Gasteiger partial charge in [0.05, 0.1) is 16.4 Å². The van der Waals surface area contributed by atoms with Gasteiger partial charge in [-0.2, -0.15) is 22.0 Å². The van der Waals surface area contributed by atoms with Gasteiger partial charge >= 0.3 is 24.2 Å². The summed E-state index contributed by atoms with van der Waals surface area (Å²) >= 11 is 0. The van der Waals surface area contributed by atoms with Crippen molar-refractivity contribution in [2.45, 2.75) is 136 Å². The van der Waals surface area contributed by atoms with Crippen molar-refractivity contribution in [2.75, 3.05) is 13.4 Å². The van der Waals surface area contributed by atoms with Gasteiger partial charge in [0, 0.05) is 5.92 Å². The standard InChI is InChI=1S/C15H28O3.C13H19F5O5/c1-6-14(2,3)13(16)18-12-10-8-7-9-11(12)15(4,5)17;1-5-9(2,3)8(19)21-6-10(4)11(20,12(14,15)16)13(17,18)23-7-22-10/h11-12,17H,6-10H2,1-5H3;20H,5-7H2,1-4H3. The summed E-state index contributed by atoms with van der Waals surface area (Å²) in [6.07, 6.45) is -5.80. The van der Waals surface area contributed by atoms with E-state index < -0.39 is 59.3 Å². The smallest absolute Gasteiger partial charge is 0.429 e. The molecule has 2 aliphatic rings. The van der Waals surface area contributed by atoms with Crippen LogP contribution in [0.2, 0.25) is 0 Å². The van der Waals surface area contributed by atoms with E-state index in [0.29, 0.717) is 13.3 Å². The summed E-state index contributed by atoms with van der Waals surface area (Å²) in [6, 6.07) is 0. The highest BCUT2D eigenvalue weighted by Gasteiger charge is 2.81. The molecule has 1 aliphatic heterocycles. The quantitative estimate of drug-likeness (QED) is 0.259. The number of carbonyl (C=O) groups excluding carboxylic acids is 2. The van der Waals surface area contributed by atoms with Gasteiger partial charge in [0.25, 0.3) is 5.60 Å². The average Bonchev–Trinajstić information content (AvgIpc) is 2.85. The number of halogens is 5. The van der Waals surface area contributed by atoms with Crippen LogP contribution in [0.25, 0.3) is 0 Å². The van der Waals surface area contributed by atoms with Gasteiger partial charge in [0.1, 0.15) is 18.3 Å². The molecular weight excluding hydrogens is 559 g/mol. The number of rotatable bonds is 8.